The molecule has 0 aromatic carbocycles. The fourth-order valence-corrected chi connectivity index (χ4v) is 2.93. The Morgan fingerprint density at radius 2 is 1.91 bits per heavy atom. The number of carbonyl (C=O) groups excluding carboxylic acids is 1. The van der Waals surface area contributed by atoms with Crippen molar-refractivity contribution in [3.8, 4) is 0 Å². The summed E-state index contributed by atoms with van der Waals surface area (Å²) < 4.78 is 5.68. The molecular weight excluding hydrogens is 306 g/mol. The second kappa shape index (κ2) is 7.57. The van der Waals surface area contributed by atoms with Gasteiger partial charge in [0.05, 0.1) is 18.2 Å². The van der Waals surface area contributed by atoms with E-state index >= 15 is 0 Å². The normalized spacial score (nSPS) is 34.0. The van der Waals surface area contributed by atoms with E-state index in [-0.39, 0.29) is 12.8 Å². The molecule has 0 spiro atoms. The summed E-state index contributed by atoms with van der Waals surface area (Å²) in [4.78, 5) is 23.1. The van der Waals surface area contributed by atoms with Gasteiger partial charge >= 0.3 is 5.97 Å². The highest BCUT2D eigenvalue weighted by molar-refractivity contribution is 5.78. The van der Waals surface area contributed by atoms with E-state index in [0.29, 0.717) is 0 Å². The molecule has 8 nitrogen and oxygen atoms in total. The zero-order chi connectivity index (χ0) is 17.9. The van der Waals surface area contributed by atoms with Crippen LogP contribution in [0.15, 0.2) is 0 Å². The Kier molecular flexibility index (Phi) is 6.52. The van der Waals surface area contributed by atoms with Crippen LogP contribution < -0.4 is 5.32 Å². The summed E-state index contributed by atoms with van der Waals surface area (Å²) in [5.41, 5.74) is -1.70. The van der Waals surface area contributed by atoms with Crippen molar-refractivity contribution >= 4 is 11.9 Å². The molecular formula is C15H27NO7. The minimum Gasteiger partial charge on any atom is -0.479 e. The summed E-state index contributed by atoms with van der Waals surface area (Å²) >= 11 is 0. The van der Waals surface area contributed by atoms with Crippen LogP contribution in [0.2, 0.25) is 0 Å². The van der Waals surface area contributed by atoms with E-state index in [1.54, 1.807) is 20.8 Å². The number of aliphatic hydroxyl groups excluding tert-OH is 3. The van der Waals surface area contributed by atoms with Gasteiger partial charge in [0.25, 0.3) is 0 Å². The maximum absolute atomic E-state index is 11.7. The average Bonchev–Trinajstić information content (AvgIpc) is 2.46. The second-order valence-electron chi connectivity index (χ2n) is 6.40. The van der Waals surface area contributed by atoms with Crippen LogP contribution in [0.5, 0.6) is 0 Å². The molecule has 1 fully saturated rings. The molecule has 0 bridgehead atoms. The van der Waals surface area contributed by atoms with Gasteiger partial charge in [-0.2, -0.15) is 0 Å². The van der Waals surface area contributed by atoms with Crippen molar-refractivity contribution in [2.45, 2.75) is 76.6 Å². The number of hydrogen-bond acceptors (Lipinski definition) is 6. The largest absolute Gasteiger partial charge is 0.479 e. The predicted octanol–water partition coefficient (Wildman–Crippen LogP) is -0.748. The van der Waals surface area contributed by atoms with Crippen molar-refractivity contribution in [1.29, 1.82) is 0 Å². The van der Waals surface area contributed by atoms with Gasteiger partial charge in [-0.15, -0.1) is 0 Å². The van der Waals surface area contributed by atoms with E-state index in [4.69, 9.17) is 4.74 Å². The van der Waals surface area contributed by atoms with Crippen LogP contribution in [0.1, 0.15) is 40.5 Å². The molecule has 23 heavy (non-hydrogen) atoms. The van der Waals surface area contributed by atoms with Gasteiger partial charge < -0.3 is 30.5 Å². The number of hydrogen-bond donors (Lipinski definition) is 5. The van der Waals surface area contributed by atoms with Crippen molar-refractivity contribution in [1.82, 2.24) is 5.32 Å². The Balaban J connectivity index is 3.23. The molecule has 1 amide bonds. The number of aliphatic hydroxyl groups is 3. The Labute approximate surface area is 135 Å². The molecule has 134 valence electrons. The van der Waals surface area contributed by atoms with Crippen LogP contribution in [0.3, 0.4) is 0 Å². The lowest BCUT2D eigenvalue weighted by atomic mass is 9.77. The second-order valence-corrected chi connectivity index (χ2v) is 6.40. The van der Waals surface area contributed by atoms with E-state index in [1.165, 1.54) is 6.92 Å². The highest BCUT2D eigenvalue weighted by atomic mass is 16.6. The number of amides is 1. The predicted molar refractivity (Wildman–Crippen MR) is 80.6 cm³/mol. The van der Waals surface area contributed by atoms with Crippen molar-refractivity contribution in [3.05, 3.63) is 0 Å². The van der Waals surface area contributed by atoms with Gasteiger partial charge in [0.15, 0.2) is 5.60 Å². The van der Waals surface area contributed by atoms with E-state index in [2.05, 4.69) is 5.32 Å². The maximum Gasteiger partial charge on any atom is 0.336 e. The summed E-state index contributed by atoms with van der Waals surface area (Å²) in [5.74, 6) is -2.19. The highest BCUT2D eigenvalue weighted by Crippen LogP contribution is 2.37. The van der Waals surface area contributed by atoms with Gasteiger partial charge in [-0.25, -0.2) is 4.79 Å². The summed E-state index contributed by atoms with van der Waals surface area (Å²) in [6, 6.07) is -1.00. The minimum atomic E-state index is -1.70. The minimum absolute atomic E-state index is 0.214. The average molecular weight is 333 g/mol. The van der Waals surface area contributed by atoms with Gasteiger partial charge in [0.2, 0.25) is 5.91 Å². The van der Waals surface area contributed by atoms with Crippen LogP contribution >= 0.6 is 0 Å². The summed E-state index contributed by atoms with van der Waals surface area (Å²) in [6.07, 6.45) is -5.09. The van der Waals surface area contributed by atoms with Gasteiger partial charge in [0, 0.05) is 13.3 Å². The first-order valence-electron chi connectivity index (χ1n) is 7.79. The number of aliphatic carboxylic acids is 1. The lowest BCUT2D eigenvalue weighted by molar-refractivity contribution is -0.238. The Morgan fingerprint density at radius 1 is 1.35 bits per heavy atom. The van der Waals surface area contributed by atoms with E-state index in [1.807, 2.05) is 0 Å². The van der Waals surface area contributed by atoms with Gasteiger partial charge in [-0.3, -0.25) is 4.79 Å². The first-order chi connectivity index (χ1) is 10.6. The third kappa shape index (κ3) is 4.00. The zero-order valence-corrected chi connectivity index (χ0v) is 13.9. The molecule has 1 rings (SSSR count). The van der Waals surface area contributed by atoms with Crippen LogP contribution in [0, 0.1) is 5.92 Å². The summed E-state index contributed by atoms with van der Waals surface area (Å²) in [6.45, 7) is 6.17. The smallest absolute Gasteiger partial charge is 0.336 e. The van der Waals surface area contributed by atoms with Gasteiger partial charge in [-0.1, -0.05) is 20.8 Å². The third-order valence-electron chi connectivity index (χ3n) is 4.44. The lowest BCUT2D eigenvalue weighted by Crippen LogP contribution is -2.68. The van der Waals surface area contributed by atoms with E-state index in [9.17, 15) is 30.0 Å². The fraction of sp³-hybridized carbons (Fsp3) is 0.867. The highest BCUT2D eigenvalue weighted by Gasteiger charge is 2.55. The third-order valence-corrected chi connectivity index (χ3v) is 4.44. The van der Waals surface area contributed by atoms with Crippen molar-refractivity contribution in [3.63, 3.8) is 0 Å². The topological polar surface area (TPSA) is 136 Å². The van der Waals surface area contributed by atoms with Crippen molar-refractivity contribution in [2.75, 3.05) is 0 Å². The molecule has 5 N–H and O–H groups in total. The number of ether oxygens (including phenoxy) is 1. The van der Waals surface area contributed by atoms with Crippen LogP contribution in [0.25, 0.3) is 0 Å². The lowest BCUT2D eigenvalue weighted by Gasteiger charge is -2.48. The van der Waals surface area contributed by atoms with Gasteiger partial charge in [-0.05, 0) is 12.3 Å². The zero-order valence-electron chi connectivity index (χ0n) is 13.9. The Bertz CT molecular complexity index is 442. The first-order valence-corrected chi connectivity index (χ1v) is 7.79. The van der Waals surface area contributed by atoms with Crippen LogP contribution in [0.4, 0.5) is 0 Å². The molecule has 1 saturated heterocycles. The molecule has 1 aliphatic heterocycles. The number of carboxylic acid groups (broad SMARTS) is 1. The monoisotopic (exact) mass is 333 g/mol. The molecule has 6 atom stereocenters. The number of rotatable bonds is 6. The van der Waals surface area contributed by atoms with E-state index < -0.39 is 53.9 Å². The van der Waals surface area contributed by atoms with Crippen molar-refractivity contribution in [2.24, 2.45) is 5.92 Å². The molecule has 0 saturated carbocycles. The summed E-state index contributed by atoms with van der Waals surface area (Å²) in [5, 5.41) is 42.6. The van der Waals surface area contributed by atoms with Crippen molar-refractivity contribution < 1.29 is 34.8 Å². The molecule has 1 aliphatic rings. The molecule has 2 unspecified atom stereocenters. The molecule has 0 aromatic rings. The summed E-state index contributed by atoms with van der Waals surface area (Å²) in [7, 11) is 0. The molecule has 8 heteroatoms. The quantitative estimate of drug-likeness (QED) is 0.431. The van der Waals surface area contributed by atoms with Gasteiger partial charge in [0.1, 0.15) is 12.2 Å². The molecule has 0 aromatic heterocycles. The molecule has 1 heterocycles. The van der Waals surface area contributed by atoms with Crippen LogP contribution in [-0.2, 0) is 14.3 Å². The number of nitrogens with one attached hydrogen (secondary N) is 1. The fourth-order valence-electron chi connectivity index (χ4n) is 2.93. The SMILES string of the molecule is CC[C@@H](O)[C@@H](O)C1OC(C(=O)O)(C(C)C)C[C@H](O)[C@H]1NC(C)=O. The molecule has 0 aliphatic carbocycles. The van der Waals surface area contributed by atoms with Crippen LogP contribution in [-0.4, -0.2) is 68.4 Å². The standard InChI is InChI=1S/C15H27NO7/c1-5-9(18)12(20)13-11(16-8(4)17)10(19)6-15(23-13,7(2)3)14(21)22/h7,9-13,18-20H,5-6H2,1-4H3,(H,16,17)(H,21,22)/t9-,10+,11-,12-,13?,15?/m1/s1. The van der Waals surface area contributed by atoms with E-state index in [0.717, 1.165) is 0 Å². The molecule has 0 radical (unpaired) electrons. The Morgan fingerprint density at radius 3 is 2.30 bits per heavy atom. The number of carboxylic acids is 1. The Hall–Kier alpha value is -1.22. The first kappa shape index (κ1) is 19.8. The maximum atomic E-state index is 11.7. The number of carbonyl (C=O) groups is 2.